The SMILES string of the molecule is C=Cc1ccccc1-c1cc(Br)ccc1C. The molecule has 16 heavy (non-hydrogen) atoms. The van der Waals surface area contributed by atoms with Gasteiger partial charge in [0.1, 0.15) is 0 Å². The third-order valence-corrected chi connectivity index (χ3v) is 3.16. The number of hydrogen-bond acceptors (Lipinski definition) is 0. The Morgan fingerprint density at radius 1 is 1.06 bits per heavy atom. The Morgan fingerprint density at radius 2 is 1.81 bits per heavy atom. The topological polar surface area (TPSA) is 0 Å². The van der Waals surface area contributed by atoms with Crippen molar-refractivity contribution < 1.29 is 0 Å². The monoisotopic (exact) mass is 272 g/mol. The zero-order valence-electron chi connectivity index (χ0n) is 9.20. The molecule has 0 aliphatic carbocycles. The molecule has 2 aromatic carbocycles. The molecule has 0 aliphatic rings. The van der Waals surface area contributed by atoms with Gasteiger partial charge in [0.25, 0.3) is 0 Å². The number of benzene rings is 2. The molecule has 0 fully saturated rings. The zero-order valence-corrected chi connectivity index (χ0v) is 10.8. The van der Waals surface area contributed by atoms with Gasteiger partial charge in [-0.1, -0.05) is 58.9 Å². The molecule has 2 aromatic rings. The van der Waals surface area contributed by atoms with E-state index >= 15 is 0 Å². The van der Waals surface area contributed by atoms with Crippen molar-refractivity contribution >= 4 is 22.0 Å². The summed E-state index contributed by atoms with van der Waals surface area (Å²) in [6.45, 7) is 5.98. The molecule has 0 spiro atoms. The average molecular weight is 273 g/mol. The highest BCUT2D eigenvalue weighted by Gasteiger charge is 2.05. The van der Waals surface area contributed by atoms with Crippen LogP contribution in [0.4, 0.5) is 0 Å². The average Bonchev–Trinajstić information content (AvgIpc) is 2.32. The zero-order chi connectivity index (χ0) is 11.5. The molecule has 0 saturated carbocycles. The van der Waals surface area contributed by atoms with Crippen LogP contribution in [0.3, 0.4) is 0 Å². The second-order valence-corrected chi connectivity index (χ2v) is 4.67. The molecule has 0 saturated heterocycles. The van der Waals surface area contributed by atoms with Crippen LogP contribution in [0.5, 0.6) is 0 Å². The summed E-state index contributed by atoms with van der Waals surface area (Å²) >= 11 is 3.51. The van der Waals surface area contributed by atoms with E-state index in [4.69, 9.17) is 0 Å². The molecule has 0 atom stereocenters. The molecule has 1 heteroatoms. The summed E-state index contributed by atoms with van der Waals surface area (Å²) in [5.41, 5.74) is 4.93. The molecule has 0 heterocycles. The third-order valence-electron chi connectivity index (χ3n) is 2.67. The van der Waals surface area contributed by atoms with Crippen molar-refractivity contribution in [2.75, 3.05) is 0 Å². The van der Waals surface area contributed by atoms with Crippen molar-refractivity contribution in [2.24, 2.45) is 0 Å². The van der Waals surface area contributed by atoms with Crippen LogP contribution >= 0.6 is 15.9 Å². The van der Waals surface area contributed by atoms with E-state index in [1.807, 2.05) is 12.1 Å². The molecule has 0 aromatic heterocycles. The van der Waals surface area contributed by atoms with Crippen molar-refractivity contribution in [1.82, 2.24) is 0 Å². The summed E-state index contributed by atoms with van der Waals surface area (Å²) in [7, 11) is 0. The Labute approximate surface area is 105 Å². The second-order valence-electron chi connectivity index (χ2n) is 3.75. The highest BCUT2D eigenvalue weighted by molar-refractivity contribution is 9.10. The van der Waals surface area contributed by atoms with Crippen LogP contribution in [0.25, 0.3) is 17.2 Å². The van der Waals surface area contributed by atoms with Crippen LogP contribution < -0.4 is 0 Å². The maximum atomic E-state index is 3.86. The molecule has 0 bridgehead atoms. The smallest absolute Gasteiger partial charge is 0.0181 e. The van der Waals surface area contributed by atoms with Crippen molar-refractivity contribution in [2.45, 2.75) is 6.92 Å². The predicted molar refractivity (Wildman–Crippen MR) is 74.4 cm³/mol. The summed E-state index contributed by atoms with van der Waals surface area (Å²) in [6.07, 6.45) is 1.90. The first-order valence-corrected chi connectivity index (χ1v) is 5.99. The summed E-state index contributed by atoms with van der Waals surface area (Å²) in [6, 6.07) is 14.7. The second kappa shape index (κ2) is 4.67. The minimum atomic E-state index is 1.10. The molecule has 2 rings (SSSR count). The minimum Gasteiger partial charge on any atom is -0.0984 e. The van der Waals surface area contributed by atoms with Crippen molar-refractivity contribution in [1.29, 1.82) is 0 Å². The summed E-state index contributed by atoms with van der Waals surface area (Å²) < 4.78 is 1.10. The standard InChI is InChI=1S/C15H13Br/c1-3-12-6-4-5-7-14(12)15-10-13(16)9-8-11(15)2/h3-10H,1H2,2H3. The van der Waals surface area contributed by atoms with Crippen LogP contribution in [0.15, 0.2) is 53.5 Å². The van der Waals surface area contributed by atoms with E-state index in [1.165, 1.54) is 22.3 Å². The van der Waals surface area contributed by atoms with Gasteiger partial charge in [-0.15, -0.1) is 0 Å². The maximum absolute atomic E-state index is 3.86. The van der Waals surface area contributed by atoms with Gasteiger partial charge in [-0.25, -0.2) is 0 Å². The molecular weight excluding hydrogens is 260 g/mol. The van der Waals surface area contributed by atoms with Crippen molar-refractivity contribution in [3.05, 3.63) is 64.6 Å². The Morgan fingerprint density at radius 3 is 2.56 bits per heavy atom. The third kappa shape index (κ3) is 2.10. The van der Waals surface area contributed by atoms with Gasteiger partial charge in [-0.3, -0.25) is 0 Å². The molecule has 80 valence electrons. The fourth-order valence-corrected chi connectivity index (χ4v) is 2.17. The Bertz CT molecular complexity index is 527. The van der Waals surface area contributed by atoms with Gasteiger partial charge in [0.15, 0.2) is 0 Å². The van der Waals surface area contributed by atoms with Crippen LogP contribution in [0.2, 0.25) is 0 Å². The first-order valence-electron chi connectivity index (χ1n) is 5.20. The van der Waals surface area contributed by atoms with Crippen molar-refractivity contribution in [3.8, 4) is 11.1 Å². The normalized spacial score (nSPS) is 10.1. The summed E-state index contributed by atoms with van der Waals surface area (Å²) in [5.74, 6) is 0. The van der Waals surface area contributed by atoms with E-state index < -0.39 is 0 Å². The number of rotatable bonds is 2. The molecule has 0 unspecified atom stereocenters. The fraction of sp³-hybridized carbons (Fsp3) is 0.0667. The summed E-state index contributed by atoms with van der Waals surface area (Å²) in [4.78, 5) is 0. The predicted octanol–water partition coefficient (Wildman–Crippen LogP) is 5.07. The molecular formula is C15H13Br. The van der Waals surface area contributed by atoms with Gasteiger partial charge < -0.3 is 0 Å². The first kappa shape index (κ1) is 11.2. The van der Waals surface area contributed by atoms with Gasteiger partial charge in [-0.05, 0) is 41.3 Å². The van der Waals surface area contributed by atoms with Crippen LogP contribution in [0.1, 0.15) is 11.1 Å². The van der Waals surface area contributed by atoms with E-state index in [9.17, 15) is 0 Å². The van der Waals surface area contributed by atoms with Gasteiger partial charge >= 0.3 is 0 Å². The van der Waals surface area contributed by atoms with E-state index in [-0.39, 0.29) is 0 Å². The fourth-order valence-electron chi connectivity index (χ4n) is 1.80. The van der Waals surface area contributed by atoms with Gasteiger partial charge in [0.05, 0.1) is 0 Å². The van der Waals surface area contributed by atoms with Crippen LogP contribution in [-0.2, 0) is 0 Å². The quantitative estimate of drug-likeness (QED) is 0.716. The Hall–Kier alpha value is -1.34. The van der Waals surface area contributed by atoms with E-state index in [2.05, 4.69) is 65.8 Å². The van der Waals surface area contributed by atoms with E-state index in [1.54, 1.807) is 0 Å². The van der Waals surface area contributed by atoms with E-state index in [0.29, 0.717) is 0 Å². The summed E-state index contributed by atoms with van der Waals surface area (Å²) in [5, 5.41) is 0. The lowest BCUT2D eigenvalue weighted by Crippen LogP contribution is -1.86. The van der Waals surface area contributed by atoms with Crippen LogP contribution in [0, 0.1) is 6.92 Å². The molecule has 0 nitrogen and oxygen atoms in total. The highest BCUT2D eigenvalue weighted by Crippen LogP contribution is 2.29. The number of hydrogen-bond donors (Lipinski definition) is 0. The van der Waals surface area contributed by atoms with Gasteiger partial charge in [0, 0.05) is 4.47 Å². The lowest BCUT2D eigenvalue weighted by Gasteiger charge is -2.09. The largest absolute Gasteiger partial charge is 0.0984 e. The van der Waals surface area contributed by atoms with Gasteiger partial charge in [0.2, 0.25) is 0 Å². The first-order chi connectivity index (χ1) is 7.72. The minimum absolute atomic E-state index is 1.10. The molecule has 0 amide bonds. The van der Waals surface area contributed by atoms with Gasteiger partial charge in [-0.2, -0.15) is 0 Å². The number of halogens is 1. The Balaban J connectivity index is 2.66. The molecule has 0 radical (unpaired) electrons. The molecule has 0 aliphatic heterocycles. The van der Waals surface area contributed by atoms with Crippen LogP contribution in [-0.4, -0.2) is 0 Å². The van der Waals surface area contributed by atoms with E-state index in [0.717, 1.165) is 4.47 Å². The molecule has 0 N–H and O–H groups in total. The highest BCUT2D eigenvalue weighted by atomic mass is 79.9. The lowest BCUT2D eigenvalue weighted by atomic mass is 9.96. The lowest BCUT2D eigenvalue weighted by molar-refractivity contribution is 1.44. The van der Waals surface area contributed by atoms with Crippen molar-refractivity contribution in [3.63, 3.8) is 0 Å². The maximum Gasteiger partial charge on any atom is 0.0181 e. The number of aryl methyl sites for hydroxylation is 1. The Kier molecular flexibility index (Phi) is 3.25.